The van der Waals surface area contributed by atoms with E-state index in [1.165, 1.54) is 0 Å². The number of hydrogen-bond donors (Lipinski definition) is 1. The van der Waals surface area contributed by atoms with Crippen LogP contribution in [0.15, 0.2) is 11.8 Å². The monoisotopic (exact) mass is 246 g/mol. The lowest BCUT2D eigenvalue weighted by Crippen LogP contribution is -2.61. The molecule has 0 spiro atoms. The standard InChI is InChI=1S/C14H22N4/c1-13(2)6-12(7-14(3,4)17-13)18(5)10-11(8-15)9-16/h10,12,17H,6-7H2,1-5H3. The van der Waals surface area contributed by atoms with Crippen LogP contribution in [0.1, 0.15) is 40.5 Å². The van der Waals surface area contributed by atoms with E-state index in [1.54, 1.807) is 6.20 Å². The van der Waals surface area contributed by atoms with Crippen molar-refractivity contribution in [2.75, 3.05) is 7.05 Å². The molecule has 1 fully saturated rings. The van der Waals surface area contributed by atoms with Crippen LogP contribution in [0.4, 0.5) is 0 Å². The Bertz CT molecular complexity index is 388. The van der Waals surface area contributed by atoms with E-state index in [1.807, 2.05) is 24.1 Å². The van der Waals surface area contributed by atoms with Crippen LogP contribution in [0.25, 0.3) is 0 Å². The summed E-state index contributed by atoms with van der Waals surface area (Å²) in [5.74, 6) is 0. The number of nitrogens with zero attached hydrogens (tertiary/aromatic N) is 3. The second-order valence-corrected chi connectivity index (χ2v) is 6.39. The SMILES string of the molecule is CN(C=C(C#N)C#N)C1CC(C)(C)NC(C)(C)C1. The van der Waals surface area contributed by atoms with Gasteiger partial charge >= 0.3 is 0 Å². The number of nitrogens with one attached hydrogen (secondary N) is 1. The lowest BCUT2D eigenvalue weighted by Gasteiger charge is -2.48. The van der Waals surface area contributed by atoms with Crippen LogP contribution in [0.2, 0.25) is 0 Å². The van der Waals surface area contributed by atoms with Crippen LogP contribution in [0, 0.1) is 22.7 Å². The first-order valence-corrected chi connectivity index (χ1v) is 6.22. The summed E-state index contributed by atoms with van der Waals surface area (Å²) < 4.78 is 0. The molecule has 98 valence electrons. The maximum atomic E-state index is 8.80. The third kappa shape index (κ3) is 3.75. The van der Waals surface area contributed by atoms with Crippen LogP contribution in [-0.2, 0) is 0 Å². The molecule has 1 saturated heterocycles. The Morgan fingerprint density at radius 2 is 1.61 bits per heavy atom. The Morgan fingerprint density at radius 3 is 2.00 bits per heavy atom. The Balaban J connectivity index is 2.88. The molecule has 0 unspecified atom stereocenters. The van der Waals surface area contributed by atoms with E-state index < -0.39 is 0 Å². The summed E-state index contributed by atoms with van der Waals surface area (Å²) >= 11 is 0. The first kappa shape index (κ1) is 14.5. The Labute approximate surface area is 110 Å². The van der Waals surface area contributed by atoms with Gasteiger partial charge in [0.25, 0.3) is 0 Å². The maximum Gasteiger partial charge on any atom is 0.145 e. The van der Waals surface area contributed by atoms with Crippen molar-refractivity contribution < 1.29 is 0 Å². The predicted molar refractivity (Wildman–Crippen MR) is 71.4 cm³/mol. The number of nitriles is 2. The molecule has 1 aliphatic heterocycles. The minimum Gasteiger partial charge on any atom is -0.376 e. The summed E-state index contributed by atoms with van der Waals surface area (Å²) in [5, 5.41) is 21.2. The molecule has 4 nitrogen and oxygen atoms in total. The smallest absolute Gasteiger partial charge is 0.145 e. The highest BCUT2D eigenvalue weighted by molar-refractivity contribution is 5.34. The molecule has 18 heavy (non-hydrogen) atoms. The highest BCUT2D eigenvalue weighted by Crippen LogP contribution is 2.31. The van der Waals surface area contributed by atoms with E-state index in [9.17, 15) is 0 Å². The fourth-order valence-corrected chi connectivity index (χ4v) is 2.95. The zero-order valence-corrected chi connectivity index (χ0v) is 11.9. The van der Waals surface area contributed by atoms with E-state index in [-0.39, 0.29) is 16.7 Å². The van der Waals surface area contributed by atoms with E-state index >= 15 is 0 Å². The van der Waals surface area contributed by atoms with Crippen molar-refractivity contribution >= 4 is 0 Å². The van der Waals surface area contributed by atoms with Gasteiger partial charge in [-0.05, 0) is 40.5 Å². The third-order valence-corrected chi connectivity index (χ3v) is 3.32. The molecular formula is C14H22N4. The van der Waals surface area contributed by atoms with Gasteiger partial charge in [0.1, 0.15) is 17.7 Å². The molecule has 4 heteroatoms. The van der Waals surface area contributed by atoms with E-state index in [0.717, 1.165) is 12.8 Å². The summed E-state index contributed by atoms with van der Waals surface area (Å²) in [4.78, 5) is 2.01. The van der Waals surface area contributed by atoms with E-state index in [0.29, 0.717) is 6.04 Å². The molecule has 0 aliphatic carbocycles. The molecule has 0 radical (unpaired) electrons. The topological polar surface area (TPSA) is 62.9 Å². The lowest BCUT2D eigenvalue weighted by molar-refractivity contribution is 0.105. The normalized spacial score (nSPS) is 21.5. The molecule has 1 rings (SSSR count). The number of rotatable bonds is 2. The molecule has 0 atom stereocenters. The third-order valence-electron chi connectivity index (χ3n) is 3.32. The van der Waals surface area contributed by atoms with Crippen molar-refractivity contribution in [2.24, 2.45) is 0 Å². The van der Waals surface area contributed by atoms with Crippen LogP contribution in [-0.4, -0.2) is 29.1 Å². The average molecular weight is 246 g/mol. The van der Waals surface area contributed by atoms with Gasteiger partial charge in [-0.1, -0.05) is 0 Å². The minimum absolute atomic E-state index is 0.0635. The molecule has 0 aromatic heterocycles. The molecule has 1 aliphatic rings. The van der Waals surface area contributed by atoms with Crippen LogP contribution in [0.3, 0.4) is 0 Å². The maximum absolute atomic E-state index is 8.80. The van der Waals surface area contributed by atoms with E-state index in [2.05, 4.69) is 33.0 Å². The molecule has 0 amide bonds. The molecule has 0 saturated carbocycles. The van der Waals surface area contributed by atoms with Crippen molar-refractivity contribution in [2.45, 2.75) is 57.7 Å². The van der Waals surface area contributed by atoms with Gasteiger partial charge in [0.2, 0.25) is 0 Å². The van der Waals surface area contributed by atoms with Gasteiger partial charge in [-0.3, -0.25) is 0 Å². The fourth-order valence-electron chi connectivity index (χ4n) is 2.95. The van der Waals surface area contributed by atoms with Gasteiger partial charge in [0, 0.05) is 30.4 Å². The number of piperidine rings is 1. The summed E-state index contributed by atoms with van der Waals surface area (Å²) in [6, 6.07) is 4.15. The summed E-state index contributed by atoms with van der Waals surface area (Å²) in [6.07, 6.45) is 3.64. The molecule has 0 bridgehead atoms. The predicted octanol–water partition coefficient (Wildman–Crippen LogP) is 2.16. The molecular weight excluding hydrogens is 224 g/mol. The van der Waals surface area contributed by atoms with Gasteiger partial charge in [0.05, 0.1) is 0 Å². The first-order chi connectivity index (χ1) is 8.19. The van der Waals surface area contributed by atoms with Gasteiger partial charge in [-0.2, -0.15) is 10.5 Å². The van der Waals surface area contributed by atoms with Gasteiger partial charge in [0.15, 0.2) is 0 Å². The second-order valence-electron chi connectivity index (χ2n) is 6.39. The Hall–Kier alpha value is -1.52. The lowest BCUT2D eigenvalue weighted by atomic mass is 9.79. The zero-order valence-electron chi connectivity index (χ0n) is 11.9. The Morgan fingerprint density at radius 1 is 1.17 bits per heavy atom. The second kappa shape index (κ2) is 5.00. The van der Waals surface area contributed by atoms with Crippen LogP contribution >= 0.6 is 0 Å². The number of allylic oxidation sites excluding steroid dienone is 1. The summed E-state index contributed by atoms with van der Waals surface area (Å²) in [6.45, 7) is 8.75. The molecule has 1 N–H and O–H groups in total. The quantitative estimate of drug-likeness (QED) is 0.758. The highest BCUT2D eigenvalue weighted by atomic mass is 15.2. The van der Waals surface area contributed by atoms with Crippen molar-refractivity contribution in [1.29, 1.82) is 10.5 Å². The van der Waals surface area contributed by atoms with Crippen molar-refractivity contribution in [1.82, 2.24) is 10.2 Å². The zero-order chi connectivity index (χ0) is 14.0. The molecule has 0 aromatic carbocycles. The van der Waals surface area contributed by atoms with Crippen LogP contribution in [0.5, 0.6) is 0 Å². The van der Waals surface area contributed by atoms with Gasteiger partial charge in [-0.15, -0.1) is 0 Å². The Kier molecular flexibility index (Phi) is 4.04. The molecule has 0 aromatic rings. The van der Waals surface area contributed by atoms with Crippen LogP contribution < -0.4 is 5.32 Å². The van der Waals surface area contributed by atoms with Crippen molar-refractivity contribution in [3.63, 3.8) is 0 Å². The minimum atomic E-state index is 0.0635. The van der Waals surface area contributed by atoms with Gasteiger partial charge in [-0.25, -0.2) is 0 Å². The largest absolute Gasteiger partial charge is 0.376 e. The highest BCUT2D eigenvalue weighted by Gasteiger charge is 2.38. The van der Waals surface area contributed by atoms with E-state index in [4.69, 9.17) is 10.5 Å². The average Bonchev–Trinajstić information content (AvgIpc) is 2.21. The fraction of sp³-hybridized carbons (Fsp3) is 0.714. The van der Waals surface area contributed by atoms with Gasteiger partial charge < -0.3 is 10.2 Å². The summed E-state index contributed by atoms with van der Waals surface area (Å²) in [7, 11) is 1.94. The summed E-state index contributed by atoms with van der Waals surface area (Å²) in [5.41, 5.74) is 0.286. The van der Waals surface area contributed by atoms with Crippen molar-refractivity contribution in [3.05, 3.63) is 11.8 Å². The number of hydrogen-bond acceptors (Lipinski definition) is 4. The molecule has 1 heterocycles. The first-order valence-electron chi connectivity index (χ1n) is 6.22. The van der Waals surface area contributed by atoms with Crippen molar-refractivity contribution in [3.8, 4) is 12.1 Å².